The molecule has 0 aromatic carbocycles. The smallest absolute Gasteiger partial charge is 0.148 e. The van der Waals surface area contributed by atoms with Gasteiger partial charge in [0, 0.05) is 37.7 Å². The van der Waals surface area contributed by atoms with Crippen molar-refractivity contribution in [1.29, 1.82) is 0 Å². The fourth-order valence-corrected chi connectivity index (χ4v) is 2.93. The molecule has 1 atom stereocenters. The van der Waals surface area contributed by atoms with Crippen molar-refractivity contribution in [3.63, 3.8) is 0 Å². The van der Waals surface area contributed by atoms with E-state index in [2.05, 4.69) is 10.00 Å². The van der Waals surface area contributed by atoms with Crippen LogP contribution >= 0.6 is 0 Å². The second kappa shape index (κ2) is 4.78. The molecule has 1 aliphatic heterocycles. The number of sulfone groups is 1. The molecule has 1 saturated heterocycles. The van der Waals surface area contributed by atoms with Gasteiger partial charge in [0.05, 0.1) is 11.9 Å². The summed E-state index contributed by atoms with van der Waals surface area (Å²) >= 11 is 0. The Kier molecular flexibility index (Phi) is 3.53. The highest BCUT2D eigenvalue weighted by molar-refractivity contribution is 7.90. The van der Waals surface area contributed by atoms with Crippen molar-refractivity contribution >= 4 is 9.84 Å². The molecule has 1 unspecified atom stereocenters. The maximum absolute atomic E-state index is 11.2. The largest absolute Gasteiger partial charge is 0.295 e. The highest BCUT2D eigenvalue weighted by Crippen LogP contribution is 2.31. The van der Waals surface area contributed by atoms with Crippen molar-refractivity contribution < 1.29 is 8.42 Å². The first-order valence-electron chi connectivity index (χ1n) is 5.86. The van der Waals surface area contributed by atoms with Gasteiger partial charge in [0.15, 0.2) is 0 Å². The normalized spacial score (nSPS) is 22.1. The Morgan fingerprint density at radius 2 is 2.29 bits per heavy atom. The molecule has 1 aromatic heterocycles. The summed E-state index contributed by atoms with van der Waals surface area (Å²) in [4.78, 5) is 2.25. The van der Waals surface area contributed by atoms with E-state index < -0.39 is 9.84 Å². The fraction of sp³-hybridized carbons (Fsp3) is 0.727. The number of hydrogen-bond donors (Lipinski definition) is 0. The van der Waals surface area contributed by atoms with Crippen LogP contribution in [0, 0.1) is 0 Å². The number of hydrogen-bond acceptors (Lipinski definition) is 4. The second-order valence-corrected chi connectivity index (χ2v) is 7.03. The third kappa shape index (κ3) is 3.29. The van der Waals surface area contributed by atoms with Crippen LogP contribution in [-0.2, 0) is 16.9 Å². The zero-order valence-electron chi connectivity index (χ0n) is 10.3. The van der Waals surface area contributed by atoms with Gasteiger partial charge in [0.2, 0.25) is 0 Å². The molecule has 5 nitrogen and oxygen atoms in total. The van der Waals surface area contributed by atoms with Crippen molar-refractivity contribution in [3.05, 3.63) is 18.0 Å². The average Bonchev–Trinajstić information content (AvgIpc) is 2.81. The molecule has 0 bridgehead atoms. The Labute approximate surface area is 102 Å². The Morgan fingerprint density at radius 1 is 1.53 bits per heavy atom. The molecule has 1 fully saturated rings. The van der Waals surface area contributed by atoms with Gasteiger partial charge in [-0.1, -0.05) is 0 Å². The van der Waals surface area contributed by atoms with Gasteiger partial charge < -0.3 is 0 Å². The number of nitrogens with zero attached hydrogens (tertiary/aromatic N) is 3. The summed E-state index contributed by atoms with van der Waals surface area (Å²) < 4.78 is 24.2. The molecule has 6 heteroatoms. The van der Waals surface area contributed by atoms with E-state index in [1.807, 2.05) is 19.4 Å². The van der Waals surface area contributed by atoms with Crippen LogP contribution < -0.4 is 0 Å². The van der Waals surface area contributed by atoms with Gasteiger partial charge in [-0.2, -0.15) is 5.10 Å². The van der Waals surface area contributed by atoms with Gasteiger partial charge in [-0.15, -0.1) is 0 Å². The third-order valence-electron chi connectivity index (χ3n) is 3.22. The van der Waals surface area contributed by atoms with E-state index >= 15 is 0 Å². The molecule has 0 amide bonds. The Morgan fingerprint density at radius 3 is 2.88 bits per heavy atom. The molecule has 0 saturated carbocycles. The molecule has 0 N–H and O–H groups in total. The van der Waals surface area contributed by atoms with Crippen molar-refractivity contribution in [2.45, 2.75) is 18.9 Å². The van der Waals surface area contributed by atoms with Crippen LogP contribution in [-0.4, -0.2) is 48.2 Å². The van der Waals surface area contributed by atoms with Gasteiger partial charge in [0.25, 0.3) is 0 Å². The lowest BCUT2D eigenvalue weighted by atomic mass is 10.1. The third-order valence-corrected chi connectivity index (χ3v) is 4.15. The van der Waals surface area contributed by atoms with Gasteiger partial charge in [-0.25, -0.2) is 8.42 Å². The van der Waals surface area contributed by atoms with E-state index in [0.29, 0.717) is 12.6 Å². The van der Waals surface area contributed by atoms with E-state index in [0.717, 1.165) is 19.4 Å². The summed E-state index contributed by atoms with van der Waals surface area (Å²) in [5, 5.41) is 4.18. The molecule has 96 valence electrons. The average molecular weight is 257 g/mol. The Hall–Kier alpha value is -0.880. The van der Waals surface area contributed by atoms with Crippen molar-refractivity contribution in [1.82, 2.24) is 14.7 Å². The van der Waals surface area contributed by atoms with Crippen LogP contribution in [0.25, 0.3) is 0 Å². The first kappa shape index (κ1) is 12.6. The van der Waals surface area contributed by atoms with Crippen LogP contribution in [0.5, 0.6) is 0 Å². The lowest BCUT2D eigenvalue weighted by Crippen LogP contribution is -2.28. The monoisotopic (exact) mass is 257 g/mol. The van der Waals surface area contributed by atoms with Crippen molar-refractivity contribution in [2.75, 3.05) is 25.1 Å². The number of aromatic nitrogens is 2. The first-order valence-corrected chi connectivity index (χ1v) is 7.92. The van der Waals surface area contributed by atoms with E-state index in [9.17, 15) is 8.42 Å². The van der Waals surface area contributed by atoms with E-state index in [-0.39, 0.29) is 5.75 Å². The summed E-state index contributed by atoms with van der Waals surface area (Å²) in [5.41, 5.74) is 1.19. The minimum atomic E-state index is -2.87. The molecule has 0 spiro atoms. The minimum absolute atomic E-state index is 0.240. The minimum Gasteiger partial charge on any atom is -0.295 e. The molecule has 0 radical (unpaired) electrons. The lowest BCUT2D eigenvalue weighted by molar-refractivity contribution is 0.272. The number of rotatable bonds is 4. The highest BCUT2D eigenvalue weighted by atomic mass is 32.2. The molecule has 0 aliphatic carbocycles. The summed E-state index contributed by atoms with van der Waals surface area (Å²) in [7, 11) is -0.972. The molecule has 1 aliphatic rings. The Balaban J connectivity index is 2.02. The van der Waals surface area contributed by atoms with E-state index in [1.165, 1.54) is 11.8 Å². The second-order valence-electron chi connectivity index (χ2n) is 4.77. The van der Waals surface area contributed by atoms with Crippen LogP contribution in [0.1, 0.15) is 24.4 Å². The number of aryl methyl sites for hydroxylation is 1. The predicted octanol–water partition coefficient (Wildman–Crippen LogP) is 0.602. The fourth-order valence-electron chi connectivity index (χ4n) is 2.37. The van der Waals surface area contributed by atoms with Crippen LogP contribution in [0.15, 0.2) is 12.4 Å². The molecule has 2 heterocycles. The maximum Gasteiger partial charge on any atom is 0.148 e. The summed E-state index contributed by atoms with van der Waals surface area (Å²) in [5.74, 6) is 0.240. The van der Waals surface area contributed by atoms with E-state index in [1.54, 1.807) is 4.68 Å². The Bertz CT molecular complexity index is 481. The standard InChI is InChI=1S/C11H19N3O2S/c1-13-9-10(8-12-13)11-4-3-5-14(11)6-7-17(2,15)16/h8-9,11H,3-7H2,1-2H3. The molecule has 17 heavy (non-hydrogen) atoms. The zero-order chi connectivity index (χ0) is 12.5. The summed E-state index contributed by atoms with van der Waals surface area (Å²) in [6, 6.07) is 0.338. The number of likely N-dealkylation sites (tertiary alicyclic amines) is 1. The predicted molar refractivity (Wildman–Crippen MR) is 66.5 cm³/mol. The molecule has 1 aromatic rings. The quantitative estimate of drug-likeness (QED) is 0.792. The molecule has 2 rings (SSSR count). The lowest BCUT2D eigenvalue weighted by Gasteiger charge is -2.22. The molecular formula is C11H19N3O2S. The highest BCUT2D eigenvalue weighted by Gasteiger charge is 2.27. The molecular weight excluding hydrogens is 238 g/mol. The van der Waals surface area contributed by atoms with Gasteiger partial charge in [0.1, 0.15) is 9.84 Å². The van der Waals surface area contributed by atoms with Gasteiger partial charge >= 0.3 is 0 Å². The summed E-state index contributed by atoms with van der Waals surface area (Å²) in [6.07, 6.45) is 7.41. The zero-order valence-corrected chi connectivity index (χ0v) is 11.2. The topological polar surface area (TPSA) is 55.2 Å². The summed E-state index contributed by atoms with van der Waals surface area (Å²) in [6.45, 7) is 1.60. The van der Waals surface area contributed by atoms with Crippen molar-refractivity contribution in [2.24, 2.45) is 7.05 Å². The van der Waals surface area contributed by atoms with E-state index in [4.69, 9.17) is 0 Å². The first-order chi connectivity index (χ1) is 7.96. The SMILES string of the molecule is Cn1cc(C2CCCN2CCS(C)(=O)=O)cn1. The van der Waals surface area contributed by atoms with Crippen LogP contribution in [0.2, 0.25) is 0 Å². The van der Waals surface area contributed by atoms with Gasteiger partial charge in [-0.3, -0.25) is 9.58 Å². The van der Waals surface area contributed by atoms with Gasteiger partial charge in [-0.05, 0) is 19.4 Å². The van der Waals surface area contributed by atoms with Crippen LogP contribution in [0.3, 0.4) is 0 Å². The van der Waals surface area contributed by atoms with Crippen LogP contribution in [0.4, 0.5) is 0 Å². The van der Waals surface area contributed by atoms with Crippen molar-refractivity contribution in [3.8, 4) is 0 Å². The maximum atomic E-state index is 11.2.